The van der Waals surface area contributed by atoms with Gasteiger partial charge in [-0.05, 0) is 19.1 Å². The summed E-state index contributed by atoms with van der Waals surface area (Å²) in [5.41, 5.74) is -0.108. The topological polar surface area (TPSA) is 44.1 Å². The number of rotatable bonds is 3. The molecule has 21 heavy (non-hydrogen) atoms. The van der Waals surface area contributed by atoms with Gasteiger partial charge in [-0.2, -0.15) is 13.2 Å². The fourth-order valence-electron chi connectivity index (χ4n) is 1.90. The third kappa shape index (κ3) is 3.07. The van der Waals surface area contributed by atoms with Gasteiger partial charge < -0.3 is 9.30 Å². The lowest BCUT2D eigenvalue weighted by molar-refractivity contribution is -0.140. The number of ether oxygens (including phenoxy) is 1. The smallest absolute Gasteiger partial charge is 0.434 e. The Labute approximate surface area is 119 Å². The molecule has 0 spiro atoms. The van der Waals surface area contributed by atoms with Gasteiger partial charge in [0, 0.05) is 18.3 Å². The number of halogens is 3. The van der Waals surface area contributed by atoms with Crippen LogP contribution in [0, 0.1) is 0 Å². The molecule has 4 nitrogen and oxygen atoms in total. The number of hydrogen-bond acceptors (Lipinski definition) is 3. The highest BCUT2D eigenvalue weighted by Gasteiger charge is 2.34. The molecule has 0 aliphatic heterocycles. The molecule has 7 heteroatoms. The van der Waals surface area contributed by atoms with Crippen molar-refractivity contribution >= 4 is 5.97 Å². The number of carbonyl (C=O) groups excluding carboxylic acids is 1. The van der Waals surface area contributed by atoms with E-state index in [0.717, 1.165) is 6.20 Å². The second-order valence-corrected chi connectivity index (χ2v) is 4.30. The van der Waals surface area contributed by atoms with Crippen molar-refractivity contribution in [2.45, 2.75) is 19.6 Å². The number of methoxy groups -OCH3 is 1. The molecule has 0 N–H and O–H groups in total. The van der Waals surface area contributed by atoms with E-state index in [0.29, 0.717) is 17.7 Å². The summed E-state index contributed by atoms with van der Waals surface area (Å²) in [6.45, 7) is 2.09. The van der Waals surface area contributed by atoms with Crippen LogP contribution in [0.2, 0.25) is 0 Å². The Bertz CT molecular complexity index is 645. The first-order chi connectivity index (χ1) is 9.86. The van der Waals surface area contributed by atoms with Crippen molar-refractivity contribution in [2.75, 3.05) is 7.11 Å². The Morgan fingerprint density at radius 1 is 1.29 bits per heavy atom. The molecule has 0 amide bonds. The summed E-state index contributed by atoms with van der Waals surface area (Å²) in [6.07, 6.45) is -3.51. The summed E-state index contributed by atoms with van der Waals surface area (Å²) in [5.74, 6) is -0.294. The number of imidazole rings is 1. The van der Waals surface area contributed by atoms with E-state index in [1.165, 1.54) is 23.8 Å². The van der Waals surface area contributed by atoms with Crippen molar-refractivity contribution < 1.29 is 22.7 Å². The molecule has 2 rings (SSSR count). The van der Waals surface area contributed by atoms with Crippen molar-refractivity contribution in [3.8, 4) is 11.4 Å². The van der Waals surface area contributed by atoms with Crippen LogP contribution in [0.3, 0.4) is 0 Å². The minimum Gasteiger partial charge on any atom is -0.465 e. The second-order valence-electron chi connectivity index (χ2n) is 4.30. The molecule has 1 heterocycles. The number of nitrogens with zero attached hydrogens (tertiary/aromatic N) is 2. The quantitative estimate of drug-likeness (QED) is 0.816. The van der Waals surface area contributed by atoms with E-state index in [1.54, 1.807) is 19.1 Å². The van der Waals surface area contributed by atoms with E-state index in [9.17, 15) is 18.0 Å². The molecule has 0 unspecified atom stereocenters. The van der Waals surface area contributed by atoms with Crippen molar-refractivity contribution in [1.82, 2.24) is 9.55 Å². The zero-order valence-electron chi connectivity index (χ0n) is 11.4. The first-order valence-electron chi connectivity index (χ1n) is 6.20. The fourth-order valence-corrected chi connectivity index (χ4v) is 1.90. The van der Waals surface area contributed by atoms with Crippen molar-refractivity contribution in [2.24, 2.45) is 0 Å². The molecule has 1 aromatic heterocycles. The largest absolute Gasteiger partial charge is 0.465 e. The Morgan fingerprint density at radius 3 is 2.38 bits per heavy atom. The molecule has 2 aromatic rings. The molecular weight excluding hydrogens is 285 g/mol. The highest BCUT2D eigenvalue weighted by molar-refractivity contribution is 5.89. The number of benzene rings is 1. The summed E-state index contributed by atoms with van der Waals surface area (Å²) in [5, 5.41) is 0. The predicted octanol–water partition coefficient (Wildman–Crippen LogP) is 3.38. The van der Waals surface area contributed by atoms with E-state index in [1.807, 2.05) is 0 Å². The van der Waals surface area contributed by atoms with E-state index < -0.39 is 17.8 Å². The van der Waals surface area contributed by atoms with E-state index >= 15 is 0 Å². The van der Waals surface area contributed by atoms with Crippen LogP contribution in [0.5, 0.6) is 0 Å². The summed E-state index contributed by atoms with van der Waals surface area (Å²) >= 11 is 0. The average molecular weight is 298 g/mol. The van der Waals surface area contributed by atoms with Crippen molar-refractivity contribution in [3.63, 3.8) is 0 Å². The monoisotopic (exact) mass is 298 g/mol. The van der Waals surface area contributed by atoms with Gasteiger partial charge in [-0.3, -0.25) is 0 Å². The van der Waals surface area contributed by atoms with Gasteiger partial charge in [0.05, 0.1) is 12.7 Å². The lowest BCUT2D eigenvalue weighted by atomic mass is 10.1. The third-order valence-electron chi connectivity index (χ3n) is 2.97. The van der Waals surface area contributed by atoms with Crippen LogP contribution in [-0.4, -0.2) is 22.6 Å². The highest BCUT2D eigenvalue weighted by Crippen LogP contribution is 2.31. The molecule has 112 valence electrons. The molecule has 0 radical (unpaired) electrons. The van der Waals surface area contributed by atoms with Crippen LogP contribution in [-0.2, 0) is 17.5 Å². The Morgan fingerprint density at radius 2 is 1.90 bits per heavy atom. The molecule has 0 fully saturated rings. The first kappa shape index (κ1) is 15.1. The molecule has 0 saturated carbocycles. The maximum atomic E-state index is 12.7. The summed E-state index contributed by atoms with van der Waals surface area (Å²) in [7, 11) is 1.26. The van der Waals surface area contributed by atoms with Crippen LogP contribution in [0.25, 0.3) is 11.4 Å². The zero-order chi connectivity index (χ0) is 15.6. The average Bonchev–Trinajstić information content (AvgIpc) is 2.91. The molecule has 0 bridgehead atoms. The Kier molecular flexibility index (Phi) is 4.02. The van der Waals surface area contributed by atoms with Crippen LogP contribution in [0.4, 0.5) is 13.2 Å². The molecular formula is C14H13F3N2O2. The lowest BCUT2D eigenvalue weighted by Crippen LogP contribution is -2.05. The molecule has 0 atom stereocenters. The van der Waals surface area contributed by atoms with Gasteiger partial charge in [0.15, 0.2) is 5.69 Å². The summed E-state index contributed by atoms with van der Waals surface area (Å²) in [6, 6.07) is 6.06. The van der Waals surface area contributed by atoms with Gasteiger partial charge in [-0.15, -0.1) is 0 Å². The predicted molar refractivity (Wildman–Crippen MR) is 69.7 cm³/mol. The Balaban J connectivity index is 2.42. The zero-order valence-corrected chi connectivity index (χ0v) is 11.4. The first-order valence-corrected chi connectivity index (χ1v) is 6.20. The van der Waals surface area contributed by atoms with E-state index in [2.05, 4.69) is 9.72 Å². The summed E-state index contributed by atoms with van der Waals surface area (Å²) < 4.78 is 44.1. The molecule has 0 aliphatic carbocycles. The number of esters is 1. The van der Waals surface area contributed by atoms with Gasteiger partial charge in [-0.1, -0.05) is 12.1 Å². The SMILES string of the molecule is CCn1cc(C(F)(F)F)nc1-c1ccc(C(=O)OC)cc1. The van der Waals surface area contributed by atoms with Gasteiger partial charge >= 0.3 is 12.1 Å². The molecule has 0 aliphatic rings. The van der Waals surface area contributed by atoms with E-state index in [-0.39, 0.29) is 5.82 Å². The maximum absolute atomic E-state index is 12.7. The number of carbonyl (C=O) groups is 1. The van der Waals surface area contributed by atoms with Crippen LogP contribution in [0.1, 0.15) is 23.0 Å². The van der Waals surface area contributed by atoms with Crippen molar-refractivity contribution in [3.05, 3.63) is 41.7 Å². The minimum atomic E-state index is -4.48. The normalized spacial score (nSPS) is 11.5. The van der Waals surface area contributed by atoms with Crippen LogP contribution < -0.4 is 0 Å². The van der Waals surface area contributed by atoms with Crippen LogP contribution in [0.15, 0.2) is 30.5 Å². The number of aromatic nitrogens is 2. The second kappa shape index (κ2) is 5.59. The molecule has 0 saturated heterocycles. The molecule has 1 aromatic carbocycles. The highest BCUT2D eigenvalue weighted by atomic mass is 19.4. The third-order valence-corrected chi connectivity index (χ3v) is 2.97. The number of alkyl halides is 3. The van der Waals surface area contributed by atoms with Gasteiger partial charge in [0.2, 0.25) is 0 Å². The van der Waals surface area contributed by atoms with Gasteiger partial charge in [0.1, 0.15) is 5.82 Å². The standard InChI is InChI=1S/C14H13F3N2O2/c1-3-19-8-11(14(15,16)17)18-12(19)9-4-6-10(7-5-9)13(20)21-2/h4-8H,3H2,1-2H3. The van der Waals surface area contributed by atoms with Gasteiger partial charge in [-0.25, -0.2) is 9.78 Å². The fraction of sp³-hybridized carbons (Fsp3) is 0.286. The van der Waals surface area contributed by atoms with Gasteiger partial charge in [0.25, 0.3) is 0 Å². The maximum Gasteiger partial charge on any atom is 0.434 e. The summed E-state index contributed by atoms with van der Waals surface area (Å²) in [4.78, 5) is 15.0. The minimum absolute atomic E-state index is 0.209. The van der Waals surface area contributed by atoms with Crippen molar-refractivity contribution in [1.29, 1.82) is 0 Å². The van der Waals surface area contributed by atoms with E-state index in [4.69, 9.17) is 0 Å². The van der Waals surface area contributed by atoms with Crippen LogP contribution >= 0.6 is 0 Å². The number of aryl methyl sites for hydroxylation is 1. The number of hydrogen-bond donors (Lipinski definition) is 0. The lowest BCUT2D eigenvalue weighted by Gasteiger charge is -2.05. The Hall–Kier alpha value is -2.31.